The fraction of sp³-hybridized carbons (Fsp3) is 0.818. The van der Waals surface area contributed by atoms with E-state index in [4.69, 9.17) is 5.11 Å². The molecular weight excluding hydrogens is 194 g/mol. The van der Waals surface area contributed by atoms with E-state index in [-0.39, 0.29) is 17.9 Å². The molecule has 4 nitrogen and oxygen atoms in total. The average molecular weight is 211 g/mol. The van der Waals surface area contributed by atoms with Crippen molar-refractivity contribution in [1.29, 1.82) is 0 Å². The summed E-state index contributed by atoms with van der Waals surface area (Å²) in [7, 11) is 0. The predicted molar refractivity (Wildman–Crippen MR) is 54.3 cm³/mol. The number of carbonyl (C=O) groups is 2. The minimum absolute atomic E-state index is 0.0359. The number of carboxylic acids is 1. The van der Waals surface area contributed by atoms with E-state index in [1.165, 1.54) is 0 Å². The highest BCUT2D eigenvalue weighted by Crippen LogP contribution is 2.31. The molecule has 84 valence electrons. The Kier molecular flexibility index (Phi) is 2.93. The molecular formula is C11H17NO3. The van der Waals surface area contributed by atoms with Gasteiger partial charge in [-0.2, -0.15) is 0 Å². The van der Waals surface area contributed by atoms with Crippen LogP contribution in [0.4, 0.5) is 0 Å². The van der Waals surface area contributed by atoms with Crippen molar-refractivity contribution in [1.82, 2.24) is 4.90 Å². The first-order valence-electron chi connectivity index (χ1n) is 5.72. The predicted octanol–water partition coefficient (Wildman–Crippen LogP) is 1.25. The Hall–Kier alpha value is -1.06. The molecule has 4 heteroatoms. The van der Waals surface area contributed by atoms with Crippen LogP contribution in [-0.2, 0) is 9.59 Å². The fourth-order valence-electron chi connectivity index (χ4n) is 2.79. The van der Waals surface area contributed by atoms with Crippen molar-refractivity contribution in [3.8, 4) is 0 Å². The van der Waals surface area contributed by atoms with Gasteiger partial charge in [-0.3, -0.25) is 9.59 Å². The number of nitrogens with zero attached hydrogens (tertiary/aromatic N) is 1. The van der Waals surface area contributed by atoms with Gasteiger partial charge >= 0.3 is 5.97 Å². The standard InChI is InChI=1S/C11H17NO3/c13-10-6-3-7-12(10)9-5-2-1-4-8(9)11(14)15/h8-9H,1-7H2,(H,14,15). The van der Waals surface area contributed by atoms with E-state index in [9.17, 15) is 9.59 Å². The monoisotopic (exact) mass is 211 g/mol. The van der Waals surface area contributed by atoms with Crippen LogP contribution in [0.1, 0.15) is 38.5 Å². The van der Waals surface area contributed by atoms with Crippen molar-refractivity contribution < 1.29 is 14.7 Å². The number of hydrogen-bond donors (Lipinski definition) is 1. The molecule has 1 amide bonds. The quantitative estimate of drug-likeness (QED) is 0.748. The zero-order valence-electron chi connectivity index (χ0n) is 8.82. The van der Waals surface area contributed by atoms with Crippen LogP contribution < -0.4 is 0 Å². The highest BCUT2D eigenvalue weighted by Gasteiger charge is 2.38. The minimum Gasteiger partial charge on any atom is -0.481 e. The van der Waals surface area contributed by atoms with Gasteiger partial charge in [0.15, 0.2) is 0 Å². The summed E-state index contributed by atoms with van der Waals surface area (Å²) in [6.45, 7) is 0.757. The number of carboxylic acid groups (broad SMARTS) is 1. The van der Waals surface area contributed by atoms with Crippen LogP contribution in [0.15, 0.2) is 0 Å². The maximum Gasteiger partial charge on any atom is 0.308 e. The van der Waals surface area contributed by atoms with Gasteiger partial charge in [-0.25, -0.2) is 0 Å². The molecule has 0 spiro atoms. The van der Waals surface area contributed by atoms with E-state index >= 15 is 0 Å². The van der Waals surface area contributed by atoms with Crippen molar-refractivity contribution in [2.24, 2.45) is 5.92 Å². The summed E-state index contributed by atoms with van der Waals surface area (Å²) in [5.74, 6) is -0.923. The Labute approximate surface area is 89.3 Å². The summed E-state index contributed by atoms with van der Waals surface area (Å²) in [6, 6.07) is -0.0359. The summed E-state index contributed by atoms with van der Waals surface area (Å²) in [4.78, 5) is 24.5. The fourth-order valence-corrected chi connectivity index (χ4v) is 2.79. The number of aliphatic carboxylic acids is 1. The molecule has 0 aromatic rings. The molecule has 2 rings (SSSR count). The minimum atomic E-state index is -0.737. The van der Waals surface area contributed by atoms with Crippen LogP contribution in [0.25, 0.3) is 0 Å². The van der Waals surface area contributed by atoms with Crippen LogP contribution >= 0.6 is 0 Å². The number of rotatable bonds is 2. The van der Waals surface area contributed by atoms with E-state index in [1.54, 1.807) is 4.90 Å². The normalized spacial score (nSPS) is 32.0. The first kappa shape index (κ1) is 10.5. The molecule has 15 heavy (non-hydrogen) atoms. The summed E-state index contributed by atoms with van der Waals surface area (Å²) in [5.41, 5.74) is 0. The van der Waals surface area contributed by atoms with Crippen molar-refractivity contribution in [2.75, 3.05) is 6.54 Å². The molecule has 1 saturated carbocycles. The lowest BCUT2D eigenvalue weighted by molar-refractivity contribution is -0.147. The Morgan fingerprint density at radius 2 is 2.00 bits per heavy atom. The summed E-state index contributed by atoms with van der Waals surface area (Å²) in [6.07, 6.45) is 5.12. The van der Waals surface area contributed by atoms with Crippen molar-refractivity contribution in [2.45, 2.75) is 44.6 Å². The Morgan fingerprint density at radius 3 is 2.60 bits per heavy atom. The van der Waals surface area contributed by atoms with Crippen molar-refractivity contribution in [3.05, 3.63) is 0 Å². The van der Waals surface area contributed by atoms with Gasteiger partial charge in [0.05, 0.1) is 5.92 Å². The third-order valence-electron chi connectivity index (χ3n) is 3.56. The lowest BCUT2D eigenvalue weighted by Crippen LogP contribution is -2.45. The molecule has 1 aliphatic carbocycles. The highest BCUT2D eigenvalue weighted by atomic mass is 16.4. The third kappa shape index (κ3) is 1.98. The molecule has 0 aromatic carbocycles. The molecule has 1 aliphatic heterocycles. The van der Waals surface area contributed by atoms with E-state index in [0.717, 1.165) is 38.6 Å². The van der Waals surface area contributed by atoms with Gasteiger partial charge in [-0.15, -0.1) is 0 Å². The maximum atomic E-state index is 11.6. The number of carbonyl (C=O) groups excluding carboxylic acids is 1. The molecule has 0 aromatic heterocycles. The van der Waals surface area contributed by atoms with Crippen molar-refractivity contribution >= 4 is 11.9 Å². The number of amides is 1. The summed E-state index contributed by atoms with van der Waals surface area (Å²) in [5, 5.41) is 9.12. The highest BCUT2D eigenvalue weighted by molar-refractivity contribution is 5.80. The van der Waals surface area contributed by atoms with Crippen LogP contribution in [0, 0.1) is 5.92 Å². The third-order valence-corrected chi connectivity index (χ3v) is 3.56. The molecule has 1 saturated heterocycles. The van der Waals surface area contributed by atoms with E-state index < -0.39 is 5.97 Å². The van der Waals surface area contributed by atoms with Gasteiger partial charge < -0.3 is 10.0 Å². The smallest absolute Gasteiger partial charge is 0.308 e. The number of likely N-dealkylation sites (tertiary alicyclic amines) is 1. The summed E-state index contributed by atoms with van der Waals surface area (Å²) < 4.78 is 0. The van der Waals surface area contributed by atoms with E-state index in [2.05, 4.69) is 0 Å². The van der Waals surface area contributed by atoms with Crippen LogP contribution in [0.3, 0.4) is 0 Å². The molecule has 0 bridgehead atoms. The maximum absolute atomic E-state index is 11.6. The van der Waals surface area contributed by atoms with Crippen LogP contribution in [0.5, 0.6) is 0 Å². The van der Waals surface area contributed by atoms with Gasteiger partial charge in [-0.1, -0.05) is 12.8 Å². The average Bonchev–Trinajstić information content (AvgIpc) is 2.64. The first-order chi connectivity index (χ1) is 7.20. The van der Waals surface area contributed by atoms with Gasteiger partial charge in [-0.05, 0) is 19.3 Å². The van der Waals surface area contributed by atoms with E-state index in [0.29, 0.717) is 6.42 Å². The molecule has 2 fully saturated rings. The Morgan fingerprint density at radius 1 is 1.27 bits per heavy atom. The van der Waals surface area contributed by atoms with Crippen LogP contribution in [-0.4, -0.2) is 34.5 Å². The van der Waals surface area contributed by atoms with Gasteiger partial charge in [0.2, 0.25) is 5.91 Å². The zero-order chi connectivity index (χ0) is 10.8. The first-order valence-corrected chi connectivity index (χ1v) is 5.72. The lowest BCUT2D eigenvalue weighted by atomic mass is 9.83. The second kappa shape index (κ2) is 4.21. The largest absolute Gasteiger partial charge is 0.481 e. The Balaban J connectivity index is 2.10. The topological polar surface area (TPSA) is 57.6 Å². The summed E-state index contributed by atoms with van der Waals surface area (Å²) >= 11 is 0. The van der Waals surface area contributed by atoms with Gasteiger partial charge in [0.25, 0.3) is 0 Å². The Bertz CT molecular complexity index is 275. The molecule has 2 atom stereocenters. The lowest BCUT2D eigenvalue weighted by Gasteiger charge is -2.35. The van der Waals surface area contributed by atoms with E-state index in [1.807, 2.05) is 0 Å². The number of hydrogen-bond acceptors (Lipinski definition) is 2. The molecule has 1 heterocycles. The molecule has 0 radical (unpaired) electrons. The zero-order valence-corrected chi connectivity index (χ0v) is 8.82. The molecule has 2 unspecified atom stereocenters. The SMILES string of the molecule is O=C(O)C1CCCCC1N1CCCC1=O. The van der Waals surface area contributed by atoms with Gasteiger partial charge in [0.1, 0.15) is 0 Å². The molecule has 2 aliphatic rings. The van der Waals surface area contributed by atoms with Crippen LogP contribution in [0.2, 0.25) is 0 Å². The second-order valence-corrected chi connectivity index (χ2v) is 4.49. The van der Waals surface area contributed by atoms with Gasteiger partial charge in [0, 0.05) is 19.0 Å². The second-order valence-electron chi connectivity index (χ2n) is 4.49. The molecule has 1 N–H and O–H groups in total. The van der Waals surface area contributed by atoms with Crippen molar-refractivity contribution in [3.63, 3.8) is 0 Å².